The SMILES string of the molecule is CCCN1CCC(CNC)C1c1c(C)cccc1C. The summed E-state index contributed by atoms with van der Waals surface area (Å²) >= 11 is 0. The van der Waals surface area contributed by atoms with Gasteiger partial charge in [0.05, 0.1) is 0 Å². The molecule has 1 aromatic rings. The predicted molar refractivity (Wildman–Crippen MR) is 82.6 cm³/mol. The highest BCUT2D eigenvalue weighted by molar-refractivity contribution is 5.37. The number of hydrogen-bond acceptors (Lipinski definition) is 2. The third-order valence-electron chi connectivity index (χ3n) is 4.44. The second-order valence-corrected chi connectivity index (χ2v) is 5.89. The molecule has 1 N–H and O–H groups in total. The van der Waals surface area contributed by atoms with E-state index < -0.39 is 0 Å². The van der Waals surface area contributed by atoms with Gasteiger partial charge in [0.15, 0.2) is 0 Å². The Kier molecular flexibility index (Phi) is 5.00. The van der Waals surface area contributed by atoms with Crippen LogP contribution < -0.4 is 5.32 Å². The fraction of sp³-hybridized carbons (Fsp3) is 0.647. The van der Waals surface area contributed by atoms with Gasteiger partial charge in [0.1, 0.15) is 0 Å². The molecule has 2 unspecified atom stereocenters. The molecule has 106 valence electrons. The van der Waals surface area contributed by atoms with Gasteiger partial charge in [0.2, 0.25) is 0 Å². The first-order chi connectivity index (χ1) is 9.19. The van der Waals surface area contributed by atoms with Gasteiger partial charge >= 0.3 is 0 Å². The van der Waals surface area contributed by atoms with Gasteiger partial charge in [-0.1, -0.05) is 25.1 Å². The van der Waals surface area contributed by atoms with Gasteiger partial charge in [-0.15, -0.1) is 0 Å². The van der Waals surface area contributed by atoms with Gasteiger partial charge < -0.3 is 5.32 Å². The van der Waals surface area contributed by atoms with Crippen molar-refractivity contribution >= 4 is 0 Å². The molecule has 1 saturated heterocycles. The maximum absolute atomic E-state index is 3.38. The first kappa shape index (κ1) is 14.5. The Labute approximate surface area is 118 Å². The molecular formula is C17H28N2. The Morgan fingerprint density at radius 3 is 2.53 bits per heavy atom. The smallest absolute Gasteiger partial charge is 0.0394 e. The van der Waals surface area contributed by atoms with E-state index in [9.17, 15) is 0 Å². The summed E-state index contributed by atoms with van der Waals surface area (Å²) in [5, 5.41) is 3.38. The van der Waals surface area contributed by atoms with Crippen molar-refractivity contribution in [1.82, 2.24) is 10.2 Å². The minimum atomic E-state index is 0.605. The number of nitrogens with one attached hydrogen (secondary N) is 1. The van der Waals surface area contributed by atoms with Crippen LogP contribution in [0.25, 0.3) is 0 Å². The molecule has 2 atom stereocenters. The van der Waals surface area contributed by atoms with Gasteiger partial charge in [0, 0.05) is 6.04 Å². The lowest BCUT2D eigenvalue weighted by atomic mass is 9.88. The van der Waals surface area contributed by atoms with Crippen molar-refractivity contribution in [2.24, 2.45) is 5.92 Å². The van der Waals surface area contributed by atoms with Crippen LogP contribution in [0, 0.1) is 19.8 Å². The second-order valence-electron chi connectivity index (χ2n) is 5.89. The van der Waals surface area contributed by atoms with E-state index in [1.54, 1.807) is 5.56 Å². The van der Waals surface area contributed by atoms with E-state index in [0.717, 1.165) is 12.5 Å². The standard InChI is InChI=1S/C17H28N2/c1-5-10-19-11-9-15(12-18-4)17(19)16-13(2)7-6-8-14(16)3/h6-8,15,17-18H,5,9-12H2,1-4H3. The molecule has 0 amide bonds. The first-order valence-electron chi connectivity index (χ1n) is 7.63. The van der Waals surface area contributed by atoms with Crippen LogP contribution in [0.2, 0.25) is 0 Å². The normalized spacial score (nSPS) is 24.0. The molecule has 0 aromatic heterocycles. The van der Waals surface area contributed by atoms with E-state index in [0.29, 0.717) is 6.04 Å². The van der Waals surface area contributed by atoms with Crippen LogP contribution >= 0.6 is 0 Å². The largest absolute Gasteiger partial charge is 0.319 e. The first-order valence-corrected chi connectivity index (χ1v) is 7.63. The lowest BCUT2D eigenvalue weighted by molar-refractivity contribution is 0.226. The molecule has 1 heterocycles. The summed E-state index contributed by atoms with van der Waals surface area (Å²) in [6.07, 6.45) is 2.56. The van der Waals surface area contributed by atoms with Gasteiger partial charge in [-0.25, -0.2) is 0 Å². The third kappa shape index (κ3) is 3.01. The molecule has 2 rings (SSSR count). The number of nitrogens with zero attached hydrogens (tertiary/aromatic N) is 1. The van der Waals surface area contributed by atoms with Crippen molar-refractivity contribution in [3.8, 4) is 0 Å². The Hall–Kier alpha value is -0.860. The number of benzene rings is 1. The summed E-state index contributed by atoms with van der Waals surface area (Å²) in [4.78, 5) is 2.69. The second kappa shape index (κ2) is 6.53. The van der Waals surface area contributed by atoms with Crippen LogP contribution in [0.1, 0.15) is 42.5 Å². The van der Waals surface area contributed by atoms with Gasteiger partial charge in [-0.3, -0.25) is 4.90 Å². The highest BCUT2D eigenvalue weighted by atomic mass is 15.2. The summed E-state index contributed by atoms with van der Waals surface area (Å²) < 4.78 is 0. The van der Waals surface area contributed by atoms with Gasteiger partial charge in [0.25, 0.3) is 0 Å². The van der Waals surface area contributed by atoms with Crippen molar-refractivity contribution in [3.63, 3.8) is 0 Å². The quantitative estimate of drug-likeness (QED) is 0.874. The molecule has 1 aliphatic heterocycles. The monoisotopic (exact) mass is 260 g/mol. The number of hydrogen-bond donors (Lipinski definition) is 1. The molecule has 2 heteroatoms. The van der Waals surface area contributed by atoms with Gasteiger partial charge in [-0.05, 0) is 76.0 Å². The zero-order valence-corrected chi connectivity index (χ0v) is 12.9. The zero-order chi connectivity index (χ0) is 13.8. The lowest BCUT2D eigenvalue weighted by Gasteiger charge is -2.31. The van der Waals surface area contributed by atoms with E-state index in [-0.39, 0.29) is 0 Å². The fourth-order valence-electron chi connectivity index (χ4n) is 3.65. The van der Waals surface area contributed by atoms with E-state index >= 15 is 0 Å². The number of likely N-dealkylation sites (tertiary alicyclic amines) is 1. The zero-order valence-electron chi connectivity index (χ0n) is 12.9. The Bertz CT molecular complexity index is 379. The average molecular weight is 260 g/mol. The van der Waals surface area contributed by atoms with Crippen LogP contribution in [-0.2, 0) is 0 Å². The van der Waals surface area contributed by atoms with Crippen molar-refractivity contribution in [3.05, 3.63) is 34.9 Å². The maximum atomic E-state index is 3.38. The van der Waals surface area contributed by atoms with Crippen molar-refractivity contribution < 1.29 is 0 Å². The number of aryl methyl sites for hydroxylation is 2. The minimum Gasteiger partial charge on any atom is -0.319 e. The molecule has 1 fully saturated rings. The molecule has 0 radical (unpaired) electrons. The molecule has 0 spiro atoms. The van der Waals surface area contributed by atoms with Crippen molar-refractivity contribution in [2.45, 2.75) is 39.7 Å². The van der Waals surface area contributed by atoms with Crippen molar-refractivity contribution in [2.75, 3.05) is 26.7 Å². The summed E-state index contributed by atoms with van der Waals surface area (Å²) in [7, 11) is 2.07. The highest BCUT2D eigenvalue weighted by Gasteiger charge is 2.35. The molecule has 0 aliphatic carbocycles. The minimum absolute atomic E-state index is 0.605. The van der Waals surface area contributed by atoms with Crippen LogP contribution in [0.15, 0.2) is 18.2 Å². The van der Waals surface area contributed by atoms with Gasteiger partial charge in [-0.2, -0.15) is 0 Å². The summed E-state index contributed by atoms with van der Waals surface area (Å²) in [5.41, 5.74) is 4.48. The summed E-state index contributed by atoms with van der Waals surface area (Å²) in [6, 6.07) is 7.32. The summed E-state index contributed by atoms with van der Waals surface area (Å²) in [6.45, 7) is 10.4. The van der Waals surface area contributed by atoms with Crippen LogP contribution in [0.5, 0.6) is 0 Å². The van der Waals surface area contributed by atoms with Crippen LogP contribution in [-0.4, -0.2) is 31.6 Å². The molecular weight excluding hydrogens is 232 g/mol. The Balaban J connectivity index is 2.34. The third-order valence-corrected chi connectivity index (χ3v) is 4.44. The molecule has 2 nitrogen and oxygen atoms in total. The topological polar surface area (TPSA) is 15.3 Å². The van der Waals surface area contributed by atoms with E-state index in [1.807, 2.05) is 0 Å². The fourth-order valence-corrected chi connectivity index (χ4v) is 3.65. The van der Waals surface area contributed by atoms with Crippen LogP contribution in [0.4, 0.5) is 0 Å². The lowest BCUT2D eigenvalue weighted by Crippen LogP contribution is -2.30. The van der Waals surface area contributed by atoms with E-state index in [1.165, 1.54) is 37.1 Å². The Morgan fingerprint density at radius 1 is 1.26 bits per heavy atom. The van der Waals surface area contributed by atoms with Crippen LogP contribution in [0.3, 0.4) is 0 Å². The maximum Gasteiger partial charge on any atom is 0.0394 e. The van der Waals surface area contributed by atoms with E-state index in [4.69, 9.17) is 0 Å². The molecule has 1 aromatic carbocycles. The average Bonchev–Trinajstić information content (AvgIpc) is 2.74. The molecule has 1 aliphatic rings. The molecule has 0 saturated carbocycles. The number of rotatable bonds is 5. The van der Waals surface area contributed by atoms with E-state index in [2.05, 4.69) is 56.2 Å². The molecule has 19 heavy (non-hydrogen) atoms. The van der Waals surface area contributed by atoms with Crippen molar-refractivity contribution in [1.29, 1.82) is 0 Å². The molecule has 0 bridgehead atoms. The predicted octanol–water partition coefficient (Wildman–Crippen LogP) is 3.30. The summed E-state index contributed by atoms with van der Waals surface area (Å²) in [5.74, 6) is 0.747. The Morgan fingerprint density at radius 2 is 1.95 bits per heavy atom. The highest BCUT2D eigenvalue weighted by Crippen LogP contribution is 2.39.